The summed E-state index contributed by atoms with van der Waals surface area (Å²) in [5, 5.41) is 3.08. The fraction of sp³-hybridized carbons (Fsp3) is 0.619. The van der Waals surface area contributed by atoms with Gasteiger partial charge in [-0.3, -0.25) is 9.59 Å². The highest BCUT2D eigenvalue weighted by Crippen LogP contribution is 2.35. The van der Waals surface area contributed by atoms with Gasteiger partial charge < -0.3 is 24.4 Å². The normalized spacial score (nSPS) is 15.9. The first-order valence-electron chi connectivity index (χ1n) is 9.72. The standard InChI is InChI=1S/C21H32N2O5/c1-13(2)14(3)22-20(24)15-7-9-23(10-8-15)21(25)16-11-18(27-5)19(28-6)12-17(16)26-4/h11-15H,7-10H2,1-6H3,(H,22,24). The third kappa shape index (κ3) is 4.88. The molecule has 1 atom stereocenters. The van der Waals surface area contributed by atoms with E-state index in [4.69, 9.17) is 14.2 Å². The summed E-state index contributed by atoms with van der Waals surface area (Å²) in [6.07, 6.45) is 1.30. The molecule has 1 fully saturated rings. The molecule has 7 heteroatoms. The third-order valence-corrected chi connectivity index (χ3v) is 5.46. The Morgan fingerprint density at radius 3 is 2.00 bits per heavy atom. The molecule has 1 aromatic carbocycles. The quantitative estimate of drug-likeness (QED) is 0.772. The molecule has 2 rings (SSSR count). The second-order valence-corrected chi connectivity index (χ2v) is 7.52. The van der Waals surface area contributed by atoms with Crippen LogP contribution in [-0.4, -0.2) is 57.2 Å². The van der Waals surface area contributed by atoms with E-state index < -0.39 is 0 Å². The molecule has 7 nitrogen and oxygen atoms in total. The zero-order valence-corrected chi connectivity index (χ0v) is 17.7. The van der Waals surface area contributed by atoms with Gasteiger partial charge in [0.1, 0.15) is 5.75 Å². The highest BCUT2D eigenvalue weighted by atomic mass is 16.5. The summed E-state index contributed by atoms with van der Waals surface area (Å²) < 4.78 is 16.0. The van der Waals surface area contributed by atoms with E-state index in [9.17, 15) is 9.59 Å². The van der Waals surface area contributed by atoms with Crippen LogP contribution in [0.3, 0.4) is 0 Å². The van der Waals surface area contributed by atoms with Crippen LogP contribution >= 0.6 is 0 Å². The highest BCUT2D eigenvalue weighted by molar-refractivity contribution is 5.98. The molecule has 1 N–H and O–H groups in total. The number of nitrogens with zero attached hydrogens (tertiary/aromatic N) is 1. The number of ether oxygens (including phenoxy) is 3. The van der Waals surface area contributed by atoms with Crippen molar-refractivity contribution in [1.29, 1.82) is 0 Å². The summed E-state index contributed by atoms with van der Waals surface area (Å²) >= 11 is 0. The van der Waals surface area contributed by atoms with Gasteiger partial charge in [-0.25, -0.2) is 0 Å². The molecule has 1 heterocycles. The van der Waals surface area contributed by atoms with E-state index in [1.807, 2.05) is 6.92 Å². The van der Waals surface area contributed by atoms with Crippen LogP contribution < -0.4 is 19.5 Å². The zero-order valence-electron chi connectivity index (χ0n) is 17.7. The van der Waals surface area contributed by atoms with Gasteiger partial charge in [0.2, 0.25) is 5.91 Å². The first-order chi connectivity index (χ1) is 13.3. The fourth-order valence-corrected chi connectivity index (χ4v) is 3.22. The Bertz CT molecular complexity index is 696. The van der Waals surface area contributed by atoms with Crippen LogP contribution in [0.5, 0.6) is 17.2 Å². The second kappa shape index (κ2) is 9.66. The number of methoxy groups -OCH3 is 3. The molecule has 0 aliphatic carbocycles. The Morgan fingerprint density at radius 2 is 1.50 bits per heavy atom. The lowest BCUT2D eigenvalue weighted by Gasteiger charge is -2.32. The van der Waals surface area contributed by atoms with Crippen molar-refractivity contribution in [3.05, 3.63) is 17.7 Å². The van der Waals surface area contributed by atoms with E-state index in [0.717, 1.165) is 0 Å². The predicted octanol–water partition coefficient (Wildman–Crippen LogP) is 2.73. The van der Waals surface area contributed by atoms with Crippen molar-refractivity contribution >= 4 is 11.8 Å². The van der Waals surface area contributed by atoms with Crippen molar-refractivity contribution in [3.8, 4) is 17.2 Å². The molecule has 2 amide bonds. The van der Waals surface area contributed by atoms with Crippen LogP contribution in [0.4, 0.5) is 0 Å². The Labute approximate surface area is 167 Å². The number of carbonyl (C=O) groups is 2. The number of piperidine rings is 1. The number of nitrogens with one attached hydrogen (secondary N) is 1. The van der Waals surface area contributed by atoms with Crippen molar-refractivity contribution in [2.24, 2.45) is 11.8 Å². The van der Waals surface area contributed by atoms with Gasteiger partial charge in [0, 0.05) is 37.2 Å². The van der Waals surface area contributed by atoms with E-state index >= 15 is 0 Å². The molecular formula is C21H32N2O5. The van der Waals surface area contributed by atoms with Crippen molar-refractivity contribution in [1.82, 2.24) is 10.2 Å². The van der Waals surface area contributed by atoms with Crippen LogP contribution in [0, 0.1) is 11.8 Å². The van der Waals surface area contributed by atoms with Crippen molar-refractivity contribution in [3.63, 3.8) is 0 Å². The maximum atomic E-state index is 13.0. The number of benzene rings is 1. The molecule has 0 aromatic heterocycles. The Hall–Kier alpha value is -2.44. The van der Waals surface area contributed by atoms with Crippen molar-refractivity contribution < 1.29 is 23.8 Å². The van der Waals surface area contributed by atoms with Crippen LogP contribution in [0.15, 0.2) is 12.1 Å². The van der Waals surface area contributed by atoms with Gasteiger partial charge >= 0.3 is 0 Å². The van der Waals surface area contributed by atoms with Crippen LogP contribution in [0.2, 0.25) is 0 Å². The lowest BCUT2D eigenvalue weighted by Crippen LogP contribution is -2.45. The van der Waals surface area contributed by atoms with Gasteiger partial charge in [0.05, 0.1) is 26.9 Å². The van der Waals surface area contributed by atoms with E-state index in [1.165, 1.54) is 21.3 Å². The molecule has 1 saturated heterocycles. The van der Waals surface area contributed by atoms with E-state index in [2.05, 4.69) is 19.2 Å². The first-order valence-corrected chi connectivity index (χ1v) is 9.72. The van der Waals surface area contributed by atoms with E-state index in [0.29, 0.717) is 54.7 Å². The largest absolute Gasteiger partial charge is 0.496 e. The van der Waals surface area contributed by atoms with Crippen LogP contribution in [0.25, 0.3) is 0 Å². The summed E-state index contributed by atoms with van der Waals surface area (Å²) in [5.41, 5.74) is 0.427. The van der Waals surface area contributed by atoms with Gasteiger partial charge in [-0.2, -0.15) is 0 Å². The van der Waals surface area contributed by atoms with E-state index in [-0.39, 0.29) is 23.8 Å². The monoisotopic (exact) mass is 392 g/mol. The van der Waals surface area contributed by atoms with Crippen LogP contribution in [-0.2, 0) is 4.79 Å². The topological polar surface area (TPSA) is 77.1 Å². The molecule has 1 unspecified atom stereocenters. The van der Waals surface area contributed by atoms with Crippen molar-refractivity contribution in [2.75, 3.05) is 34.4 Å². The highest BCUT2D eigenvalue weighted by Gasteiger charge is 2.30. The zero-order chi connectivity index (χ0) is 20.8. The molecule has 0 bridgehead atoms. The van der Waals surface area contributed by atoms with Crippen molar-refractivity contribution in [2.45, 2.75) is 39.7 Å². The number of carbonyl (C=O) groups excluding carboxylic acids is 2. The van der Waals surface area contributed by atoms with Gasteiger partial charge in [0.25, 0.3) is 5.91 Å². The molecule has 1 aliphatic rings. The number of amides is 2. The SMILES string of the molecule is COc1cc(OC)c(C(=O)N2CCC(C(=O)NC(C)C(C)C)CC2)cc1OC. The van der Waals surface area contributed by atoms with Gasteiger partial charge in [-0.1, -0.05) is 13.8 Å². The average Bonchev–Trinajstić information content (AvgIpc) is 2.71. The Kier molecular flexibility index (Phi) is 7.54. The summed E-state index contributed by atoms with van der Waals surface area (Å²) in [6, 6.07) is 3.44. The number of rotatable bonds is 7. The summed E-state index contributed by atoms with van der Waals surface area (Å²) in [5.74, 6) is 1.70. The van der Waals surface area contributed by atoms with Gasteiger partial charge in [-0.15, -0.1) is 0 Å². The smallest absolute Gasteiger partial charge is 0.257 e. The fourth-order valence-electron chi connectivity index (χ4n) is 3.22. The van der Waals surface area contributed by atoms with E-state index in [1.54, 1.807) is 17.0 Å². The Balaban J connectivity index is 2.06. The second-order valence-electron chi connectivity index (χ2n) is 7.52. The minimum atomic E-state index is -0.132. The third-order valence-electron chi connectivity index (χ3n) is 5.46. The molecule has 1 aromatic rings. The molecular weight excluding hydrogens is 360 g/mol. The molecule has 156 valence electrons. The molecule has 28 heavy (non-hydrogen) atoms. The van der Waals surface area contributed by atoms with Crippen LogP contribution in [0.1, 0.15) is 44.0 Å². The summed E-state index contributed by atoms with van der Waals surface area (Å²) in [7, 11) is 4.58. The molecule has 0 radical (unpaired) electrons. The number of hydrogen-bond acceptors (Lipinski definition) is 5. The Morgan fingerprint density at radius 1 is 0.964 bits per heavy atom. The number of hydrogen-bond donors (Lipinski definition) is 1. The molecule has 1 aliphatic heterocycles. The average molecular weight is 392 g/mol. The van der Waals surface area contributed by atoms with Gasteiger partial charge in [-0.05, 0) is 25.7 Å². The first kappa shape index (κ1) is 21.9. The number of likely N-dealkylation sites (tertiary alicyclic amines) is 1. The predicted molar refractivity (Wildman–Crippen MR) is 107 cm³/mol. The molecule has 0 spiro atoms. The van der Waals surface area contributed by atoms with Gasteiger partial charge in [0.15, 0.2) is 11.5 Å². The molecule has 0 saturated carbocycles. The lowest BCUT2D eigenvalue weighted by molar-refractivity contribution is -0.127. The summed E-state index contributed by atoms with van der Waals surface area (Å²) in [4.78, 5) is 27.3. The minimum Gasteiger partial charge on any atom is -0.496 e. The minimum absolute atomic E-state index is 0.0578. The maximum absolute atomic E-state index is 13.0. The summed E-state index contributed by atoms with van der Waals surface area (Å²) in [6.45, 7) is 7.25. The lowest BCUT2D eigenvalue weighted by atomic mass is 9.94. The maximum Gasteiger partial charge on any atom is 0.257 e.